The van der Waals surface area contributed by atoms with E-state index in [2.05, 4.69) is 33.9 Å². The van der Waals surface area contributed by atoms with Crippen LogP contribution in [0, 0.1) is 6.92 Å². The second-order valence-electron chi connectivity index (χ2n) is 4.71. The molecule has 0 amide bonds. The zero-order chi connectivity index (χ0) is 11.5. The minimum absolute atomic E-state index is 0.447. The molecule has 1 aromatic heterocycles. The highest BCUT2D eigenvalue weighted by molar-refractivity contribution is 4.97. The van der Waals surface area contributed by atoms with Crippen LogP contribution in [0.5, 0.6) is 0 Å². The summed E-state index contributed by atoms with van der Waals surface area (Å²) in [5.41, 5.74) is 6.74. The zero-order valence-corrected chi connectivity index (χ0v) is 10.3. The molecule has 90 valence electrons. The molecule has 0 bridgehead atoms. The van der Waals surface area contributed by atoms with E-state index in [1.54, 1.807) is 0 Å². The molecule has 1 fully saturated rings. The zero-order valence-electron chi connectivity index (χ0n) is 10.3. The Balaban J connectivity index is 2.05. The van der Waals surface area contributed by atoms with E-state index in [1.807, 2.05) is 6.92 Å². The van der Waals surface area contributed by atoms with E-state index in [-0.39, 0.29) is 0 Å². The first-order valence-electron chi connectivity index (χ1n) is 6.18. The second-order valence-corrected chi connectivity index (χ2v) is 4.71. The molecule has 2 atom stereocenters. The van der Waals surface area contributed by atoms with Crippen molar-refractivity contribution in [1.29, 1.82) is 0 Å². The van der Waals surface area contributed by atoms with Crippen molar-refractivity contribution in [1.82, 2.24) is 14.7 Å². The molecular weight excluding hydrogens is 200 g/mol. The van der Waals surface area contributed by atoms with Gasteiger partial charge >= 0.3 is 0 Å². The lowest BCUT2D eigenvalue weighted by Crippen LogP contribution is -2.38. The van der Waals surface area contributed by atoms with E-state index < -0.39 is 0 Å². The van der Waals surface area contributed by atoms with Gasteiger partial charge in [-0.05, 0) is 39.3 Å². The van der Waals surface area contributed by atoms with E-state index in [1.165, 1.54) is 19.4 Å². The summed E-state index contributed by atoms with van der Waals surface area (Å²) in [6, 6.07) is 3.12. The third-order valence-electron chi connectivity index (χ3n) is 3.55. The van der Waals surface area contributed by atoms with Gasteiger partial charge in [-0.15, -0.1) is 0 Å². The normalized spacial score (nSPS) is 23.8. The van der Waals surface area contributed by atoms with Crippen LogP contribution in [0.4, 0.5) is 0 Å². The molecule has 0 unspecified atom stereocenters. The van der Waals surface area contributed by atoms with Crippen molar-refractivity contribution in [2.24, 2.45) is 5.73 Å². The van der Waals surface area contributed by atoms with E-state index >= 15 is 0 Å². The number of rotatable bonds is 4. The summed E-state index contributed by atoms with van der Waals surface area (Å²) in [6.45, 7) is 7.24. The summed E-state index contributed by atoms with van der Waals surface area (Å²) in [5.74, 6) is 0. The van der Waals surface area contributed by atoms with Crippen LogP contribution in [0.25, 0.3) is 0 Å². The highest BCUT2D eigenvalue weighted by atomic mass is 15.3. The summed E-state index contributed by atoms with van der Waals surface area (Å²) < 4.78 is 2.09. The summed E-state index contributed by atoms with van der Waals surface area (Å²) in [5, 5.41) is 4.51. The van der Waals surface area contributed by atoms with Gasteiger partial charge in [0, 0.05) is 25.3 Å². The summed E-state index contributed by atoms with van der Waals surface area (Å²) in [6.07, 6.45) is 4.63. The number of hydrogen-bond donors (Lipinski definition) is 1. The second kappa shape index (κ2) is 4.97. The van der Waals surface area contributed by atoms with Crippen molar-refractivity contribution < 1.29 is 0 Å². The van der Waals surface area contributed by atoms with Gasteiger partial charge in [-0.2, -0.15) is 5.10 Å². The van der Waals surface area contributed by atoms with Crippen LogP contribution in [0.1, 0.15) is 31.5 Å². The van der Waals surface area contributed by atoms with Crippen molar-refractivity contribution in [2.75, 3.05) is 19.6 Å². The van der Waals surface area contributed by atoms with Crippen LogP contribution in [-0.2, 0) is 0 Å². The fourth-order valence-electron chi connectivity index (χ4n) is 2.68. The number of aromatic nitrogens is 2. The lowest BCUT2D eigenvalue weighted by molar-refractivity contribution is 0.196. The van der Waals surface area contributed by atoms with Gasteiger partial charge in [0.25, 0.3) is 0 Å². The molecule has 4 nitrogen and oxygen atoms in total. The molecule has 0 aliphatic carbocycles. The van der Waals surface area contributed by atoms with Crippen molar-refractivity contribution in [3.63, 3.8) is 0 Å². The number of nitrogens with two attached hydrogens (primary N) is 1. The van der Waals surface area contributed by atoms with E-state index in [9.17, 15) is 0 Å². The molecule has 2 heterocycles. The topological polar surface area (TPSA) is 47.1 Å². The monoisotopic (exact) mass is 222 g/mol. The molecule has 2 N–H and O–H groups in total. The third kappa shape index (κ3) is 2.28. The average Bonchev–Trinajstić information content (AvgIpc) is 2.87. The lowest BCUT2D eigenvalue weighted by Gasteiger charge is -2.29. The molecule has 0 spiro atoms. The SMILES string of the molecule is Cc1ccn([C@@H](C)[C@H]2CCCN2CCN)n1. The van der Waals surface area contributed by atoms with Gasteiger partial charge in [0.05, 0.1) is 11.7 Å². The van der Waals surface area contributed by atoms with Crippen LogP contribution >= 0.6 is 0 Å². The molecule has 1 aliphatic rings. The lowest BCUT2D eigenvalue weighted by atomic mass is 10.1. The van der Waals surface area contributed by atoms with Crippen LogP contribution in [0.2, 0.25) is 0 Å². The van der Waals surface area contributed by atoms with Crippen molar-refractivity contribution in [2.45, 2.75) is 38.8 Å². The van der Waals surface area contributed by atoms with Crippen molar-refractivity contribution in [3.05, 3.63) is 18.0 Å². The van der Waals surface area contributed by atoms with Crippen LogP contribution in [0.3, 0.4) is 0 Å². The van der Waals surface area contributed by atoms with Gasteiger partial charge in [0.1, 0.15) is 0 Å². The molecule has 1 aromatic rings. The molecule has 0 radical (unpaired) electrons. The van der Waals surface area contributed by atoms with Crippen LogP contribution in [0.15, 0.2) is 12.3 Å². The van der Waals surface area contributed by atoms with Gasteiger partial charge in [-0.3, -0.25) is 9.58 Å². The maximum absolute atomic E-state index is 5.65. The molecular formula is C12H22N4. The Bertz CT molecular complexity index is 334. The Morgan fingerprint density at radius 2 is 2.44 bits per heavy atom. The number of nitrogens with zero attached hydrogens (tertiary/aromatic N) is 3. The maximum Gasteiger partial charge on any atom is 0.0646 e. The Labute approximate surface area is 97.4 Å². The number of aryl methyl sites for hydroxylation is 1. The number of likely N-dealkylation sites (tertiary alicyclic amines) is 1. The first kappa shape index (κ1) is 11.6. The number of hydrogen-bond acceptors (Lipinski definition) is 3. The highest BCUT2D eigenvalue weighted by Crippen LogP contribution is 2.26. The molecule has 2 rings (SSSR count). The largest absolute Gasteiger partial charge is 0.329 e. The molecule has 4 heteroatoms. The summed E-state index contributed by atoms with van der Waals surface area (Å²) in [4.78, 5) is 2.50. The van der Waals surface area contributed by atoms with E-state index in [4.69, 9.17) is 5.73 Å². The van der Waals surface area contributed by atoms with Gasteiger partial charge in [-0.1, -0.05) is 0 Å². The Hall–Kier alpha value is -0.870. The Kier molecular flexibility index (Phi) is 3.61. The van der Waals surface area contributed by atoms with Gasteiger partial charge < -0.3 is 5.73 Å². The predicted octanol–water partition coefficient (Wildman–Crippen LogP) is 1.18. The first-order valence-corrected chi connectivity index (χ1v) is 6.18. The smallest absolute Gasteiger partial charge is 0.0646 e. The molecule has 0 aromatic carbocycles. The standard InChI is InChI=1S/C12H22N4/c1-10-5-8-16(14-10)11(2)12-4-3-7-15(12)9-6-13/h5,8,11-12H,3-4,6-7,9,13H2,1-2H3/t11-,12+/m0/s1. The van der Waals surface area contributed by atoms with Crippen molar-refractivity contribution >= 4 is 0 Å². The average molecular weight is 222 g/mol. The first-order chi connectivity index (χ1) is 7.72. The molecule has 16 heavy (non-hydrogen) atoms. The Morgan fingerprint density at radius 1 is 1.62 bits per heavy atom. The highest BCUT2D eigenvalue weighted by Gasteiger charge is 2.29. The van der Waals surface area contributed by atoms with Crippen LogP contribution in [-0.4, -0.2) is 40.4 Å². The van der Waals surface area contributed by atoms with Gasteiger partial charge in [0.2, 0.25) is 0 Å². The third-order valence-corrected chi connectivity index (χ3v) is 3.55. The fraction of sp³-hybridized carbons (Fsp3) is 0.750. The molecule has 0 saturated carbocycles. The van der Waals surface area contributed by atoms with Gasteiger partial charge in [-0.25, -0.2) is 0 Å². The fourth-order valence-corrected chi connectivity index (χ4v) is 2.68. The quantitative estimate of drug-likeness (QED) is 0.832. The molecule has 1 aliphatic heterocycles. The summed E-state index contributed by atoms with van der Waals surface area (Å²) >= 11 is 0. The maximum atomic E-state index is 5.65. The van der Waals surface area contributed by atoms with Crippen molar-refractivity contribution in [3.8, 4) is 0 Å². The van der Waals surface area contributed by atoms with E-state index in [0.29, 0.717) is 12.1 Å². The van der Waals surface area contributed by atoms with E-state index in [0.717, 1.165) is 18.8 Å². The van der Waals surface area contributed by atoms with Crippen LogP contribution < -0.4 is 5.73 Å². The molecule has 1 saturated heterocycles. The summed E-state index contributed by atoms with van der Waals surface area (Å²) in [7, 11) is 0. The minimum Gasteiger partial charge on any atom is -0.329 e. The predicted molar refractivity (Wildman–Crippen MR) is 65.3 cm³/mol. The Morgan fingerprint density at radius 3 is 3.06 bits per heavy atom. The minimum atomic E-state index is 0.447. The van der Waals surface area contributed by atoms with Gasteiger partial charge in [0.15, 0.2) is 0 Å².